The molecule has 1 aromatic carbocycles. The molecule has 118 valence electrons. The number of amides is 1. The van der Waals surface area contributed by atoms with Gasteiger partial charge in [0.05, 0.1) is 28.7 Å². The predicted octanol–water partition coefficient (Wildman–Crippen LogP) is 1.01. The van der Waals surface area contributed by atoms with E-state index in [0.29, 0.717) is 18.7 Å². The van der Waals surface area contributed by atoms with Gasteiger partial charge >= 0.3 is 0 Å². The number of benzene rings is 1. The van der Waals surface area contributed by atoms with Crippen LogP contribution in [0.15, 0.2) is 18.2 Å². The highest BCUT2D eigenvalue weighted by Crippen LogP contribution is 2.26. The first-order valence-electron chi connectivity index (χ1n) is 6.05. The predicted molar refractivity (Wildman–Crippen MR) is 83.0 cm³/mol. The Morgan fingerprint density at radius 3 is 2.71 bits per heavy atom. The van der Waals surface area contributed by atoms with Crippen LogP contribution in [0.2, 0.25) is 5.02 Å². The molecule has 0 aliphatic heterocycles. The second kappa shape index (κ2) is 7.60. The van der Waals surface area contributed by atoms with E-state index in [1.807, 2.05) is 0 Å². The van der Waals surface area contributed by atoms with Crippen LogP contribution in [0, 0.1) is 0 Å². The van der Waals surface area contributed by atoms with Crippen LogP contribution < -0.4 is 15.8 Å². The van der Waals surface area contributed by atoms with Gasteiger partial charge in [0.25, 0.3) is 0 Å². The smallest absolute Gasteiger partial charge is 0.241 e. The van der Waals surface area contributed by atoms with Crippen molar-refractivity contribution in [3.63, 3.8) is 0 Å². The van der Waals surface area contributed by atoms with Crippen molar-refractivity contribution in [3.05, 3.63) is 23.2 Å². The molecule has 21 heavy (non-hydrogen) atoms. The van der Waals surface area contributed by atoms with Crippen LogP contribution >= 0.6 is 11.6 Å². The van der Waals surface area contributed by atoms with Crippen molar-refractivity contribution in [2.75, 3.05) is 30.0 Å². The van der Waals surface area contributed by atoms with Gasteiger partial charge < -0.3 is 15.8 Å². The average Bonchev–Trinajstić information content (AvgIpc) is 2.38. The summed E-state index contributed by atoms with van der Waals surface area (Å²) in [5.41, 5.74) is 6.27. The molecule has 1 rings (SSSR count). The Morgan fingerprint density at radius 1 is 1.48 bits per heavy atom. The van der Waals surface area contributed by atoms with Crippen molar-refractivity contribution in [1.82, 2.24) is 0 Å². The maximum absolute atomic E-state index is 11.9. The van der Waals surface area contributed by atoms with Crippen LogP contribution in [0.5, 0.6) is 0 Å². The minimum Gasteiger partial charge on any atom is -0.385 e. The molecule has 0 saturated carbocycles. The first kappa shape index (κ1) is 17.7. The van der Waals surface area contributed by atoms with E-state index in [1.165, 1.54) is 25.3 Å². The van der Waals surface area contributed by atoms with Crippen LogP contribution in [0.4, 0.5) is 11.4 Å². The minimum absolute atomic E-state index is 0.279. The maximum atomic E-state index is 11.9. The highest BCUT2D eigenvalue weighted by atomic mass is 35.5. The Balaban J connectivity index is 2.82. The molecular weight excluding hydrogens is 318 g/mol. The van der Waals surface area contributed by atoms with E-state index in [9.17, 15) is 13.2 Å². The number of rotatable bonds is 7. The summed E-state index contributed by atoms with van der Waals surface area (Å²) in [7, 11) is -1.89. The van der Waals surface area contributed by atoms with Gasteiger partial charge in [-0.05, 0) is 24.6 Å². The van der Waals surface area contributed by atoms with Crippen LogP contribution in [0.3, 0.4) is 0 Å². The molecule has 0 radical (unpaired) electrons. The first-order chi connectivity index (χ1) is 9.73. The minimum atomic E-state index is -3.41. The summed E-state index contributed by atoms with van der Waals surface area (Å²) in [5, 5.41) is 2.84. The van der Waals surface area contributed by atoms with Gasteiger partial charge in [-0.25, -0.2) is 8.42 Å². The van der Waals surface area contributed by atoms with Crippen LogP contribution in [-0.4, -0.2) is 40.3 Å². The van der Waals surface area contributed by atoms with E-state index in [2.05, 4.69) is 10.0 Å². The van der Waals surface area contributed by atoms with Crippen molar-refractivity contribution < 1.29 is 17.9 Å². The van der Waals surface area contributed by atoms with E-state index in [1.54, 1.807) is 0 Å². The Morgan fingerprint density at radius 2 is 2.14 bits per heavy atom. The number of sulfonamides is 1. The van der Waals surface area contributed by atoms with E-state index < -0.39 is 22.0 Å². The number of nitrogens with two attached hydrogens (primary N) is 1. The number of hydrogen-bond acceptors (Lipinski definition) is 5. The molecule has 7 nitrogen and oxygen atoms in total. The van der Waals surface area contributed by atoms with Crippen molar-refractivity contribution in [2.45, 2.75) is 12.5 Å². The van der Waals surface area contributed by atoms with Gasteiger partial charge in [-0.2, -0.15) is 0 Å². The lowest BCUT2D eigenvalue weighted by Crippen LogP contribution is -2.36. The molecule has 1 aromatic rings. The number of halogens is 1. The fraction of sp³-hybridized carbons (Fsp3) is 0.417. The third kappa shape index (κ3) is 6.30. The Bertz CT molecular complexity index is 607. The second-order valence-electron chi connectivity index (χ2n) is 4.45. The molecule has 0 aromatic heterocycles. The Hall–Kier alpha value is -1.35. The lowest BCUT2D eigenvalue weighted by Gasteiger charge is -2.14. The molecule has 0 aliphatic rings. The summed E-state index contributed by atoms with van der Waals surface area (Å²) >= 11 is 5.96. The van der Waals surface area contributed by atoms with E-state index in [4.69, 9.17) is 22.1 Å². The molecule has 4 N–H and O–H groups in total. The van der Waals surface area contributed by atoms with Gasteiger partial charge in [0.2, 0.25) is 15.9 Å². The summed E-state index contributed by atoms with van der Waals surface area (Å²) in [6.07, 6.45) is 1.39. The van der Waals surface area contributed by atoms with Crippen LogP contribution in [0.25, 0.3) is 0 Å². The Labute approximate surface area is 128 Å². The topological polar surface area (TPSA) is 111 Å². The number of nitrogens with one attached hydrogen (secondary N) is 2. The third-order valence-corrected chi connectivity index (χ3v) is 3.43. The second-order valence-corrected chi connectivity index (χ2v) is 6.60. The zero-order chi connectivity index (χ0) is 16.0. The van der Waals surface area contributed by atoms with E-state index in [0.717, 1.165) is 6.26 Å². The lowest BCUT2D eigenvalue weighted by molar-refractivity contribution is -0.117. The SMILES string of the molecule is COCCC(N)C(=O)Nc1cc(NS(C)(=O)=O)ccc1Cl. The quantitative estimate of drug-likeness (QED) is 0.688. The monoisotopic (exact) mass is 335 g/mol. The zero-order valence-electron chi connectivity index (χ0n) is 11.7. The zero-order valence-corrected chi connectivity index (χ0v) is 13.3. The van der Waals surface area contributed by atoms with Crippen LogP contribution in [0.1, 0.15) is 6.42 Å². The molecule has 0 spiro atoms. The van der Waals surface area contributed by atoms with E-state index >= 15 is 0 Å². The third-order valence-electron chi connectivity index (χ3n) is 2.50. The lowest BCUT2D eigenvalue weighted by atomic mass is 10.2. The summed E-state index contributed by atoms with van der Waals surface area (Å²) < 4.78 is 29.5. The van der Waals surface area contributed by atoms with Gasteiger partial charge in [-0.3, -0.25) is 9.52 Å². The number of carbonyl (C=O) groups is 1. The van der Waals surface area contributed by atoms with Crippen molar-refractivity contribution in [1.29, 1.82) is 0 Å². The highest BCUT2D eigenvalue weighted by molar-refractivity contribution is 7.92. The number of ether oxygens (including phenoxy) is 1. The summed E-state index contributed by atoms with van der Waals surface area (Å²) in [6.45, 7) is 0.359. The summed E-state index contributed by atoms with van der Waals surface area (Å²) in [5.74, 6) is -0.426. The largest absolute Gasteiger partial charge is 0.385 e. The number of anilines is 2. The molecule has 1 unspecified atom stereocenters. The van der Waals surface area contributed by atoms with Crippen molar-refractivity contribution >= 4 is 38.9 Å². The maximum Gasteiger partial charge on any atom is 0.241 e. The normalized spacial score (nSPS) is 12.8. The fourth-order valence-electron chi connectivity index (χ4n) is 1.50. The standard InChI is InChI=1S/C12H18ClN3O4S/c1-20-6-5-10(14)12(17)15-11-7-8(3-4-9(11)13)16-21(2,18)19/h3-4,7,10,16H,5-6,14H2,1-2H3,(H,15,17). The molecular formula is C12H18ClN3O4S. The van der Waals surface area contributed by atoms with Gasteiger partial charge in [0.1, 0.15) is 0 Å². The molecule has 0 fully saturated rings. The summed E-state index contributed by atoms with van der Waals surface area (Å²) in [4.78, 5) is 11.9. The fourth-order valence-corrected chi connectivity index (χ4v) is 2.22. The van der Waals surface area contributed by atoms with Gasteiger partial charge in [-0.15, -0.1) is 0 Å². The van der Waals surface area contributed by atoms with Gasteiger partial charge in [-0.1, -0.05) is 11.6 Å². The first-order valence-corrected chi connectivity index (χ1v) is 8.32. The molecule has 0 bridgehead atoms. The van der Waals surface area contributed by atoms with Crippen molar-refractivity contribution in [2.24, 2.45) is 5.73 Å². The summed E-state index contributed by atoms with van der Waals surface area (Å²) in [6, 6.07) is 3.65. The molecule has 0 saturated heterocycles. The van der Waals surface area contributed by atoms with Crippen molar-refractivity contribution in [3.8, 4) is 0 Å². The van der Waals surface area contributed by atoms with E-state index in [-0.39, 0.29) is 10.7 Å². The number of methoxy groups -OCH3 is 1. The molecule has 0 heterocycles. The van der Waals surface area contributed by atoms with Crippen LogP contribution in [-0.2, 0) is 19.6 Å². The molecule has 1 atom stereocenters. The molecule has 1 amide bonds. The number of hydrogen-bond donors (Lipinski definition) is 3. The average molecular weight is 336 g/mol. The molecule has 0 aliphatic carbocycles. The Kier molecular flexibility index (Phi) is 6.41. The van der Waals surface area contributed by atoms with Gasteiger partial charge in [0.15, 0.2) is 0 Å². The van der Waals surface area contributed by atoms with Gasteiger partial charge in [0, 0.05) is 13.7 Å². The number of carbonyl (C=O) groups excluding carboxylic acids is 1. The molecule has 9 heteroatoms. The highest BCUT2D eigenvalue weighted by Gasteiger charge is 2.15.